The first-order chi connectivity index (χ1) is 21.5. The number of anilines is 1. The summed E-state index contributed by atoms with van der Waals surface area (Å²) in [5.74, 6) is -0.177. The van der Waals surface area contributed by atoms with Crippen molar-refractivity contribution in [2.24, 2.45) is 0 Å². The maximum atomic E-state index is 11.4. The Balaban J connectivity index is 1.78. The van der Waals surface area contributed by atoms with Crippen LogP contribution in [0.1, 0.15) is 32.6 Å². The predicted octanol–water partition coefficient (Wildman–Crippen LogP) is 3.15. The van der Waals surface area contributed by atoms with Gasteiger partial charge in [-0.1, -0.05) is 19.8 Å². The fourth-order valence-electron chi connectivity index (χ4n) is 3.42. The summed E-state index contributed by atoms with van der Waals surface area (Å²) in [6, 6.07) is 3.42. The molecule has 0 heterocycles. The molecule has 16 nitrogen and oxygen atoms in total. The lowest BCUT2D eigenvalue weighted by atomic mass is 10.2. The van der Waals surface area contributed by atoms with Crippen LogP contribution >= 0.6 is 0 Å². The van der Waals surface area contributed by atoms with Crippen molar-refractivity contribution in [1.82, 2.24) is 0 Å². The highest BCUT2D eigenvalue weighted by atomic mass is 16.6. The van der Waals surface area contributed by atoms with Crippen LogP contribution in [-0.2, 0) is 42.7 Å². The van der Waals surface area contributed by atoms with Gasteiger partial charge in [0.25, 0.3) is 11.4 Å². The smallest absolute Gasteiger partial charge is 0.305 e. The van der Waals surface area contributed by atoms with Gasteiger partial charge < -0.3 is 43.2 Å². The number of hydrogen-bond donors (Lipinski definition) is 1. The number of hydrogen-bond acceptors (Lipinski definition) is 14. The quantitative estimate of drug-likeness (QED) is 0.0543. The minimum atomic E-state index is -0.683. The van der Waals surface area contributed by atoms with Crippen LogP contribution in [0.3, 0.4) is 0 Å². The molecule has 0 unspecified atom stereocenters. The van der Waals surface area contributed by atoms with Crippen molar-refractivity contribution in [2.45, 2.75) is 32.6 Å². The molecule has 0 atom stereocenters. The van der Waals surface area contributed by atoms with Gasteiger partial charge in [0.15, 0.2) is 0 Å². The molecular formula is C28H47N3O13. The Labute approximate surface area is 257 Å². The Kier molecular flexibility index (Phi) is 24.4. The van der Waals surface area contributed by atoms with Gasteiger partial charge in [0, 0.05) is 19.0 Å². The van der Waals surface area contributed by atoms with E-state index in [1.54, 1.807) is 0 Å². The van der Waals surface area contributed by atoms with E-state index in [0.29, 0.717) is 92.3 Å². The van der Waals surface area contributed by atoms with Gasteiger partial charge in [-0.05, 0) is 12.5 Å². The topological polar surface area (TPSA) is 189 Å². The summed E-state index contributed by atoms with van der Waals surface area (Å²) < 4.78 is 42.9. The molecule has 0 fully saturated rings. The zero-order valence-corrected chi connectivity index (χ0v) is 25.6. The Bertz CT molecular complexity index is 908. The van der Waals surface area contributed by atoms with E-state index in [2.05, 4.69) is 12.2 Å². The zero-order chi connectivity index (χ0) is 32.1. The number of rotatable bonds is 31. The van der Waals surface area contributed by atoms with Gasteiger partial charge in [0.1, 0.15) is 12.3 Å². The van der Waals surface area contributed by atoms with Crippen LogP contribution < -0.4 is 5.32 Å². The second-order valence-electron chi connectivity index (χ2n) is 9.11. The third-order valence-electron chi connectivity index (χ3n) is 5.66. The molecule has 252 valence electrons. The number of nitro groups is 2. The van der Waals surface area contributed by atoms with Crippen LogP contribution in [0.2, 0.25) is 0 Å². The number of unbranched alkanes of at least 4 members (excludes halogenated alkanes) is 2. The van der Waals surface area contributed by atoms with E-state index >= 15 is 0 Å². The second kappa shape index (κ2) is 27.6. The van der Waals surface area contributed by atoms with E-state index in [0.717, 1.165) is 25.3 Å². The highest BCUT2D eigenvalue weighted by molar-refractivity contribution is 5.69. The van der Waals surface area contributed by atoms with Gasteiger partial charge >= 0.3 is 5.97 Å². The number of nitrogens with one attached hydrogen (secondary N) is 1. The molecule has 0 aliphatic carbocycles. The molecule has 0 radical (unpaired) electrons. The van der Waals surface area contributed by atoms with Gasteiger partial charge in [-0.3, -0.25) is 25.0 Å². The number of esters is 1. The molecule has 0 saturated heterocycles. The number of nitro benzene ring substituents is 2. The minimum Gasteiger partial charge on any atom is -0.463 e. The number of benzene rings is 1. The molecule has 0 aliphatic heterocycles. The van der Waals surface area contributed by atoms with Gasteiger partial charge in [-0.2, -0.15) is 0 Å². The lowest BCUT2D eigenvalue weighted by Gasteiger charge is -2.09. The highest BCUT2D eigenvalue weighted by Gasteiger charge is 2.19. The van der Waals surface area contributed by atoms with Crippen LogP contribution in [-0.4, -0.2) is 121 Å². The van der Waals surface area contributed by atoms with E-state index in [1.165, 1.54) is 12.1 Å². The number of carbonyl (C=O) groups excluding carboxylic acids is 1. The Morgan fingerprint density at radius 2 is 1.11 bits per heavy atom. The predicted molar refractivity (Wildman–Crippen MR) is 159 cm³/mol. The first-order valence-electron chi connectivity index (χ1n) is 14.8. The standard InChI is InChI=1S/C28H47N3O13/c1-2-3-4-5-28(32)44-23-22-43-21-20-42-19-18-41-17-16-40-15-14-39-13-12-38-11-10-37-9-8-29-26-7-6-25(30(33)34)24-27(26)31(35)36/h6-7,24,29H,2-5,8-23H2,1H3. The summed E-state index contributed by atoms with van der Waals surface area (Å²) in [5, 5.41) is 24.8. The molecule has 1 N–H and O–H groups in total. The average Bonchev–Trinajstić information content (AvgIpc) is 3.01. The van der Waals surface area contributed by atoms with Gasteiger partial charge in [-0.25, -0.2) is 0 Å². The lowest BCUT2D eigenvalue weighted by molar-refractivity contribution is -0.393. The molecule has 44 heavy (non-hydrogen) atoms. The fourth-order valence-corrected chi connectivity index (χ4v) is 3.42. The summed E-state index contributed by atoms with van der Waals surface area (Å²) in [5.41, 5.74) is -0.530. The number of carbonyl (C=O) groups is 1. The largest absolute Gasteiger partial charge is 0.463 e. The maximum Gasteiger partial charge on any atom is 0.305 e. The normalized spacial score (nSPS) is 11.0. The monoisotopic (exact) mass is 633 g/mol. The fraction of sp³-hybridized carbons (Fsp3) is 0.750. The van der Waals surface area contributed by atoms with Crippen molar-refractivity contribution in [3.05, 3.63) is 38.4 Å². The summed E-state index contributed by atoms with van der Waals surface area (Å²) in [6.45, 7) is 8.33. The van der Waals surface area contributed by atoms with Crippen LogP contribution in [0.25, 0.3) is 0 Å². The number of nitrogens with zero attached hydrogens (tertiary/aromatic N) is 2. The van der Waals surface area contributed by atoms with Crippen LogP contribution in [0.5, 0.6) is 0 Å². The first kappa shape index (κ1) is 39.0. The summed E-state index contributed by atoms with van der Waals surface area (Å²) in [6.07, 6.45) is 3.43. The Morgan fingerprint density at radius 3 is 1.55 bits per heavy atom. The molecule has 0 aromatic heterocycles. The molecular weight excluding hydrogens is 586 g/mol. The molecule has 0 amide bonds. The third-order valence-corrected chi connectivity index (χ3v) is 5.66. The lowest BCUT2D eigenvalue weighted by Crippen LogP contribution is -2.16. The highest BCUT2D eigenvalue weighted by Crippen LogP contribution is 2.28. The van der Waals surface area contributed by atoms with Gasteiger partial charge in [-0.15, -0.1) is 0 Å². The molecule has 1 aromatic carbocycles. The van der Waals surface area contributed by atoms with Crippen LogP contribution in [0.15, 0.2) is 18.2 Å². The summed E-state index contributed by atoms with van der Waals surface area (Å²) in [4.78, 5) is 32.0. The third kappa shape index (κ3) is 21.7. The van der Waals surface area contributed by atoms with Crippen LogP contribution in [0.4, 0.5) is 17.1 Å². The number of ether oxygens (including phenoxy) is 8. The number of non-ortho nitro benzene ring substituents is 1. The van der Waals surface area contributed by atoms with E-state index in [9.17, 15) is 25.0 Å². The molecule has 0 spiro atoms. The Hall–Kier alpha value is -2.99. The van der Waals surface area contributed by atoms with Crippen molar-refractivity contribution in [3.63, 3.8) is 0 Å². The SMILES string of the molecule is CCCCCC(=O)OCCOCCOCCOCCOCCOCCOCCOCCNc1ccc([N+](=O)[O-])cc1[N+](=O)[O-]. The first-order valence-corrected chi connectivity index (χ1v) is 14.8. The molecule has 0 saturated carbocycles. The molecule has 1 rings (SSSR count). The van der Waals surface area contributed by atoms with Crippen molar-refractivity contribution >= 4 is 23.0 Å². The Morgan fingerprint density at radius 1 is 0.659 bits per heavy atom. The minimum absolute atomic E-state index is 0.177. The van der Waals surface area contributed by atoms with E-state index in [4.69, 9.17) is 37.9 Å². The van der Waals surface area contributed by atoms with E-state index in [-0.39, 0.29) is 42.8 Å². The van der Waals surface area contributed by atoms with Crippen molar-refractivity contribution in [1.29, 1.82) is 0 Å². The van der Waals surface area contributed by atoms with Crippen molar-refractivity contribution < 1.29 is 52.5 Å². The van der Waals surface area contributed by atoms with Crippen molar-refractivity contribution in [3.8, 4) is 0 Å². The second-order valence-corrected chi connectivity index (χ2v) is 9.11. The molecule has 0 aliphatic rings. The summed E-state index contributed by atoms with van der Waals surface area (Å²) in [7, 11) is 0. The molecule has 0 bridgehead atoms. The maximum absolute atomic E-state index is 11.4. The average molecular weight is 634 g/mol. The summed E-state index contributed by atoms with van der Waals surface area (Å²) >= 11 is 0. The van der Waals surface area contributed by atoms with Crippen LogP contribution in [0, 0.1) is 20.2 Å². The van der Waals surface area contributed by atoms with Gasteiger partial charge in [0.2, 0.25) is 0 Å². The van der Waals surface area contributed by atoms with Crippen molar-refractivity contribution in [2.75, 3.05) is 111 Å². The molecule has 1 aromatic rings. The van der Waals surface area contributed by atoms with E-state index < -0.39 is 9.85 Å². The zero-order valence-electron chi connectivity index (χ0n) is 25.6. The van der Waals surface area contributed by atoms with E-state index in [1.807, 2.05) is 0 Å². The molecule has 16 heteroatoms. The van der Waals surface area contributed by atoms with Gasteiger partial charge in [0.05, 0.1) is 108 Å².